The summed E-state index contributed by atoms with van der Waals surface area (Å²) < 4.78 is 16.8. The van der Waals surface area contributed by atoms with Gasteiger partial charge in [0.1, 0.15) is 13.2 Å². The molecule has 0 N–H and O–H groups in total. The molecule has 59 heavy (non-hydrogen) atoms. The van der Waals surface area contributed by atoms with E-state index in [2.05, 4.69) is 41.5 Å². The van der Waals surface area contributed by atoms with Crippen molar-refractivity contribution < 1.29 is 28.6 Å². The van der Waals surface area contributed by atoms with Crippen LogP contribution in [0.1, 0.15) is 286 Å². The Balaban J connectivity index is 4.32. The van der Waals surface area contributed by atoms with Crippen LogP contribution in [0, 0.1) is 17.8 Å². The molecule has 0 saturated carbocycles. The second kappa shape index (κ2) is 44.5. The summed E-state index contributed by atoms with van der Waals surface area (Å²) >= 11 is 0. The zero-order chi connectivity index (χ0) is 43.4. The highest BCUT2D eigenvalue weighted by Gasteiger charge is 2.19. The van der Waals surface area contributed by atoms with Gasteiger partial charge >= 0.3 is 17.9 Å². The summed E-state index contributed by atoms with van der Waals surface area (Å²) in [7, 11) is 0. The SMILES string of the molecule is CCC(C)CCCCCCCCCCCCC(=O)OC[C@H](COC(=O)CCCCCCCCCCCCCCC(C)C)OC(=O)CCCCCCCCCCCC(C)C. The molecule has 0 aromatic rings. The third kappa shape index (κ3) is 45.8. The van der Waals surface area contributed by atoms with Crippen molar-refractivity contribution in [3.05, 3.63) is 0 Å². The fourth-order valence-electron chi connectivity index (χ4n) is 7.91. The van der Waals surface area contributed by atoms with Crippen molar-refractivity contribution in [1.29, 1.82) is 0 Å². The summed E-state index contributed by atoms with van der Waals surface area (Å²) in [5.41, 5.74) is 0. The first kappa shape index (κ1) is 57.4. The molecule has 2 atom stereocenters. The van der Waals surface area contributed by atoms with Crippen molar-refractivity contribution in [2.75, 3.05) is 13.2 Å². The molecule has 0 aromatic heterocycles. The normalized spacial score (nSPS) is 12.6. The molecule has 0 aliphatic rings. The summed E-state index contributed by atoms with van der Waals surface area (Å²) in [6, 6.07) is 0. The minimum absolute atomic E-state index is 0.0649. The molecule has 0 spiro atoms. The second-order valence-corrected chi connectivity index (χ2v) is 19.4. The van der Waals surface area contributed by atoms with E-state index >= 15 is 0 Å². The number of hydrogen-bond acceptors (Lipinski definition) is 6. The lowest BCUT2D eigenvalue weighted by Gasteiger charge is -2.18. The quantitative estimate of drug-likeness (QED) is 0.0345. The van der Waals surface area contributed by atoms with E-state index in [1.807, 2.05) is 0 Å². The maximum atomic E-state index is 12.8. The van der Waals surface area contributed by atoms with Crippen LogP contribution in [0.15, 0.2) is 0 Å². The molecule has 6 nitrogen and oxygen atoms in total. The van der Waals surface area contributed by atoms with Crippen LogP contribution in [0.2, 0.25) is 0 Å². The number of hydrogen-bond donors (Lipinski definition) is 0. The average Bonchev–Trinajstić information content (AvgIpc) is 3.20. The lowest BCUT2D eigenvalue weighted by Crippen LogP contribution is -2.30. The van der Waals surface area contributed by atoms with Gasteiger partial charge in [-0.25, -0.2) is 0 Å². The minimum Gasteiger partial charge on any atom is -0.462 e. The molecule has 0 radical (unpaired) electrons. The van der Waals surface area contributed by atoms with Crippen molar-refractivity contribution in [2.45, 2.75) is 292 Å². The smallest absolute Gasteiger partial charge is 0.306 e. The van der Waals surface area contributed by atoms with Gasteiger partial charge in [0.15, 0.2) is 6.10 Å². The summed E-state index contributed by atoms with van der Waals surface area (Å²) in [6.45, 7) is 13.7. The molecule has 0 heterocycles. The molecule has 6 heteroatoms. The van der Waals surface area contributed by atoms with Gasteiger partial charge in [0.2, 0.25) is 0 Å². The van der Waals surface area contributed by atoms with Crippen molar-refractivity contribution in [3.63, 3.8) is 0 Å². The predicted octanol–water partition coefficient (Wildman–Crippen LogP) is 16.8. The largest absolute Gasteiger partial charge is 0.462 e. The highest BCUT2D eigenvalue weighted by molar-refractivity contribution is 5.71. The van der Waals surface area contributed by atoms with Crippen LogP contribution in [-0.4, -0.2) is 37.2 Å². The second-order valence-electron chi connectivity index (χ2n) is 19.4. The Labute approximate surface area is 368 Å². The lowest BCUT2D eigenvalue weighted by molar-refractivity contribution is -0.167. The number of carbonyl (C=O) groups is 3. The summed E-state index contributed by atoms with van der Waals surface area (Å²) in [5.74, 6) is 1.66. The molecular weight excluding hydrogens is 733 g/mol. The van der Waals surface area contributed by atoms with Crippen LogP contribution in [0.25, 0.3) is 0 Å². The molecule has 0 aliphatic heterocycles. The maximum absolute atomic E-state index is 12.8. The van der Waals surface area contributed by atoms with E-state index in [4.69, 9.17) is 14.2 Å². The number of ether oxygens (including phenoxy) is 3. The highest BCUT2D eigenvalue weighted by atomic mass is 16.6. The Bertz CT molecular complexity index is 916. The maximum Gasteiger partial charge on any atom is 0.306 e. The monoisotopic (exact) mass is 835 g/mol. The van der Waals surface area contributed by atoms with E-state index in [9.17, 15) is 14.4 Å². The van der Waals surface area contributed by atoms with E-state index in [0.717, 1.165) is 75.5 Å². The third-order valence-electron chi connectivity index (χ3n) is 12.3. The Hall–Kier alpha value is -1.59. The molecule has 350 valence electrons. The highest BCUT2D eigenvalue weighted by Crippen LogP contribution is 2.18. The zero-order valence-corrected chi connectivity index (χ0v) is 40.5. The lowest BCUT2D eigenvalue weighted by atomic mass is 9.99. The van der Waals surface area contributed by atoms with Crippen LogP contribution in [0.4, 0.5) is 0 Å². The van der Waals surface area contributed by atoms with Crippen LogP contribution in [0.3, 0.4) is 0 Å². The van der Waals surface area contributed by atoms with Crippen molar-refractivity contribution in [1.82, 2.24) is 0 Å². The molecular formula is C53H102O6. The fourth-order valence-corrected chi connectivity index (χ4v) is 7.91. The van der Waals surface area contributed by atoms with Crippen LogP contribution < -0.4 is 0 Å². The van der Waals surface area contributed by atoms with Crippen LogP contribution in [0.5, 0.6) is 0 Å². The molecule has 0 bridgehead atoms. The number of rotatable bonds is 46. The summed E-state index contributed by atoms with van der Waals surface area (Å²) in [4.78, 5) is 38.0. The topological polar surface area (TPSA) is 78.9 Å². The van der Waals surface area contributed by atoms with Gasteiger partial charge in [-0.2, -0.15) is 0 Å². The third-order valence-corrected chi connectivity index (χ3v) is 12.3. The van der Waals surface area contributed by atoms with Gasteiger partial charge < -0.3 is 14.2 Å². The minimum atomic E-state index is -0.763. The Kier molecular flexibility index (Phi) is 43.3. The first-order valence-electron chi connectivity index (χ1n) is 26.1. The van der Waals surface area contributed by atoms with Crippen molar-refractivity contribution in [2.24, 2.45) is 17.8 Å². The molecule has 0 saturated heterocycles. The fraction of sp³-hybridized carbons (Fsp3) is 0.943. The van der Waals surface area contributed by atoms with E-state index in [1.165, 1.54) is 167 Å². The first-order valence-corrected chi connectivity index (χ1v) is 26.1. The van der Waals surface area contributed by atoms with Gasteiger partial charge in [-0.15, -0.1) is 0 Å². The van der Waals surface area contributed by atoms with E-state index in [1.54, 1.807) is 0 Å². The Morgan fingerprint density at radius 1 is 0.339 bits per heavy atom. The van der Waals surface area contributed by atoms with Crippen molar-refractivity contribution in [3.8, 4) is 0 Å². The van der Waals surface area contributed by atoms with E-state index in [0.29, 0.717) is 19.3 Å². The molecule has 1 unspecified atom stereocenters. The van der Waals surface area contributed by atoms with Gasteiger partial charge in [0.25, 0.3) is 0 Å². The molecule has 0 amide bonds. The number of esters is 3. The standard InChI is InChI=1S/C53H102O6/c1-7-49(6)41-35-29-23-17-12-13-19-25-31-37-43-52(55)58-46-50(59-53(56)44-38-32-26-20-14-16-22-28-34-40-48(4)5)45-57-51(54)42-36-30-24-18-11-9-8-10-15-21-27-33-39-47(2)3/h47-50H,7-46H2,1-6H3/t49?,50-/m0/s1. The molecule has 0 rings (SSSR count). The molecule has 0 aromatic carbocycles. The van der Waals surface area contributed by atoms with Gasteiger partial charge in [0, 0.05) is 19.3 Å². The Morgan fingerprint density at radius 2 is 0.593 bits per heavy atom. The van der Waals surface area contributed by atoms with Gasteiger partial charge in [0.05, 0.1) is 0 Å². The number of carbonyl (C=O) groups excluding carboxylic acids is 3. The first-order chi connectivity index (χ1) is 28.6. The molecule has 0 fully saturated rings. The number of unbranched alkanes of at least 4 members (excludes halogenated alkanes) is 28. The van der Waals surface area contributed by atoms with Crippen LogP contribution in [-0.2, 0) is 28.6 Å². The zero-order valence-electron chi connectivity index (χ0n) is 40.5. The predicted molar refractivity (Wildman–Crippen MR) is 252 cm³/mol. The van der Waals surface area contributed by atoms with Gasteiger partial charge in [-0.3, -0.25) is 14.4 Å². The average molecular weight is 835 g/mol. The van der Waals surface area contributed by atoms with Crippen LogP contribution >= 0.6 is 0 Å². The molecule has 0 aliphatic carbocycles. The van der Waals surface area contributed by atoms with Gasteiger partial charge in [-0.05, 0) is 37.0 Å². The Morgan fingerprint density at radius 3 is 0.881 bits per heavy atom. The van der Waals surface area contributed by atoms with E-state index < -0.39 is 6.10 Å². The summed E-state index contributed by atoms with van der Waals surface area (Å²) in [5, 5.41) is 0. The van der Waals surface area contributed by atoms with Crippen molar-refractivity contribution >= 4 is 17.9 Å². The van der Waals surface area contributed by atoms with E-state index in [-0.39, 0.29) is 31.1 Å². The summed E-state index contributed by atoms with van der Waals surface area (Å²) in [6.07, 6.45) is 43.7. The van der Waals surface area contributed by atoms with Gasteiger partial charge in [-0.1, -0.05) is 247 Å².